The van der Waals surface area contributed by atoms with Crippen LogP contribution in [0.3, 0.4) is 0 Å². The van der Waals surface area contributed by atoms with Gasteiger partial charge in [-0.2, -0.15) is 8.78 Å². The zero-order chi connectivity index (χ0) is 15.4. The molecule has 2 nitrogen and oxygen atoms in total. The molecule has 0 radical (unpaired) electrons. The van der Waals surface area contributed by atoms with Crippen LogP contribution in [0, 0.1) is 5.82 Å². The van der Waals surface area contributed by atoms with E-state index in [9.17, 15) is 13.2 Å². The molecule has 0 heterocycles. The van der Waals surface area contributed by atoms with E-state index in [-0.39, 0.29) is 17.6 Å². The highest BCUT2D eigenvalue weighted by atomic mass is 79.9. The lowest BCUT2D eigenvalue weighted by atomic mass is 10.1. The molecule has 0 spiro atoms. The van der Waals surface area contributed by atoms with Gasteiger partial charge in [0, 0.05) is 16.2 Å². The van der Waals surface area contributed by atoms with Crippen LogP contribution >= 0.6 is 15.9 Å². The molecule has 1 atom stereocenters. The summed E-state index contributed by atoms with van der Waals surface area (Å²) in [5.41, 5.74) is 1.64. The number of alkyl halides is 2. The van der Waals surface area contributed by atoms with E-state index in [1.165, 1.54) is 24.3 Å². The van der Waals surface area contributed by atoms with Crippen molar-refractivity contribution >= 4 is 21.6 Å². The summed E-state index contributed by atoms with van der Waals surface area (Å²) in [6.45, 7) is -0.917. The predicted molar refractivity (Wildman–Crippen MR) is 79.2 cm³/mol. The van der Waals surface area contributed by atoms with Crippen LogP contribution in [-0.4, -0.2) is 6.61 Å². The zero-order valence-electron chi connectivity index (χ0n) is 11.1. The summed E-state index contributed by atoms with van der Waals surface area (Å²) in [7, 11) is 0. The van der Waals surface area contributed by atoms with Crippen molar-refractivity contribution in [1.29, 1.82) is 0 Å². The third kappa shape index (κ3) is 4.39. The SMILES string of the molecule is CC(Nc1ccc(OC(F)F)cc1)c1ccc(F)cc1Br. The smallest absolute Gasteiger partial charge is 0.387 e. The summed E-state index contributed by atoms with van der Waals surface area (Å²) in [5.74, 6) is -0.211. The molecule has 0 saturated heterocycles. The molecular weight excluding hydrogens is 347 g/mol. The maximum Gasteiger partial charge on any atom is 0.387 e. The van der Waals surface area contributed by atoms with E-state index in [1.807, 2.05) is 6.92 Å². The second-order valence-electron chi connectivity index (χ2n) is 4.43. The van der Waals surface area contributed by atoms with Gasteiger partial charge in [-0.15, -0.1) is 0 Å². The average Bonchev–Trinajstić information content (AvgIpc) is 2.40. The van der Waals surface area contributed by atoms with Crippen molar-refractivity contribution in [2.45, 2.75) is 19.6 Å². The Labute approximate surface area is 129 Å². The van der Waals surface area contributed by atoms with Gasteiger partial charge in [0.2, 0.25) is 0 Å². The van der Waals surface area contributed by atoms with Crippen molar-refractivity contribution in [3.8, 4) is 5.75 Å². The third-order valence-electron chi connectivity index (χ3n) is 2.89. The predicted octanol–water partition coefficient (Wildman–Crippen LogP) is 5.36. The Morgan fingerprint density at radius 2 is 1.76 bits per heavy atom. The zero-order valence-corrected chi connectivity index (χ0v) is 12.7. The van der Waals surface area contributed by atoms with Gasteiger partial charge in [0.05, 0.1) is 0 Å². The highest BCUT2D eigenvalue weighted by molar-refractivity contribution is 9.10. The Bertz CT molecular complexity index is 604. The molecule has 2 rings (SSSR count). The van der Waals surface area contributed by atoms with Gasteiger partial charge < -0.3 is 10.1 Å². The third-order valence-corrected chi connectivity index (χ3v) is 3.58. The molecule has 0 amide bonds. The minimum atomic E-state index is -2.84. The topological polar surface area (TPSA) is 21.3 Å². The fourth-order valence-electron chi connectivity index (χ4n) is 1.91. The van der Waals surface area contributed by atoms with Gasteiger partial charge in [-0.1, -0.05) is 22.0 Å². The normalized spacial score (nSPS) is 12.3. The lowest BCUT2D eigenvalue weighted by Gasteiger charge is -2.17. The Morgan fingerprint density at radius 1 is 1.10 bits per heavy atom. The van der Waals surface area contributed by atoms with Crippen molar-refractivity contribution in [2.24, 2.45) is 0 Å². The van der Waals surface area contributed by atoms with Crippen molar-refractivity contribution in [3.05, 3.63) is 58.3 Å². The van der Waals surface area contributed by atoms with Gasteiger partial charge in [0.25, 0.3) is 0 Å². The van der Waals surface area contributed by atoms with E-state index in [1.54, 1.807) is 18.2 Å². The summed E-state index contributed by atoms with van der Waals surface area (Å²) in [6, 6.07) is 10.6. The summed E-state index contributed by atoms with van der Waals surface area (Å²) < 4.78 is 42.1. The van der Waals surface area contributed by atoms with Crippen LogP contribution in [0.25, 0.3) is 0 Å². The number of nitrogens with one attached hydrogen (secondary N) is 1. The number of hydrogen-bond acceptors (Lipinski definition) is 2. The molecule has 0 aromatic heterocycles. The number of benzene rings is 2. The van der Waals surface area contributed by atoms with E-state index in [0.717, 1.165) is 11.3 Å². The van der Waals surface area contributed by atoms with Crippen LogP contribution in [0.1, 0.15) is 18.5 Å². The first kappa shape index (κ1) is 15.7. The largest absolute Gasteiger partial charge is 0.435 e. The first-order valence-electron chi connectivity index (χ1n) is 6.22. The van der Waals surface area contributed by atoms with Gasteiger partial charge in [0.1, 0.15) is 11.6 Å². The van der Waals surface area contributed by atoms with Crippen LogP contribution in [0.2, 0.25) is 0 Å². The Hall–Kier alpha value is -1.69. The summed E-state index contributed by atoms with van der Waals surface area (Å²) in [4.78, 5) is 0. The maximum absolute atomic E-state index is 13.1. The Morgan fingerprint density at radius 3 is 2.33 bits per heavy atom. The molecule has 6 heteroatoms. The van der Waals surface area contributed by atoms with Gasteiger partial charge in [-0.05, 0) is 48.9 Å². The fraction of sp³-hybridized carbons (Fsp3) is 0.200. The summed E-state index contributed by atoms with van der Waals surface area (Å²) in [5, 5.41) is 3.20. The average molecular weight is 360 g/mol. The van der Waals surface area contributed by atoms with Crippen LogP contribution in [0.5, 0.6) is 5.75 Å². The molecule has 112 valence electrons. The van der Waals surface area contributed by atoms with E-state index in [4.69, 9.17) is 0 Å². The molecule has 2 aromatic rings. The van der Waals surface area contributed by atoms with Crippen LogP contribution in [0.4, 0.5) is 18.9 Å². The van der Waals surface area contributed by atoms with Gasteiger partial charge in [0.15, 0.2) is 0 Å². The highest BCUT2D eigenvalue weighted by Crippen LogP contribution is 2.27. The number of halogens is 4. The minimum Gasteiger partial charge on any atom is -0.435 e. The molecule has 0 bridgehead atoms. The van der Waals surface area contributed by atoms with E-state index >= 15 is 0 Å². The van der Waals surface area contributed by atoms with Crippen LogP contribution in [-0.2, 0) is 0 Å². The lowest BCUT2D eigenvalue weighted by Crippen LogP contribution is -2.07. The Balaban J connectivity index is 2.06. The van der Waals surface area contributed by atoms with Crippen LogP contribution < -0.4 is 10.1 Å². The second-order valence-corrected chi connectivity index (χ2v) is 5.29. The molecule has 0 fully saturated rings. The minimum absolute atomic E-state index is 0.0816. The number of anilines is 1. The molecule has 0 aliphatic heterocycles. The number of ether oxygens (including phenoxy) is 1. The standard InChI is InChI=1S/C15H13BrF3NO/c1-9(13-7-2-10(17)8-14(13)16)20-11-3-5-12(6-4-11)21-15(18)19/h2-9,15,20H,1H3. The van der Waals surface area contributed by atoms with Crippen molar-refractivity contribution in [3.63, 3.8) is 0 Å². The Kier molecular flexibility index (Phi) is 5.12. The maximum atomic E-state index is 13.1. The van der Waals surface area contributed by atoms with E-state index in [0.29, 0.717) is 4.47 Å². The molecule has 2 aromatic carbocycles. The van der Waals surface area contributed by atoms with Crippen LogP contribution in [0.15, 0.2) is 46.9 Å². The van der Waals surface area contributed by atoms with Crippen molar-refractivity contribution in [2.75, 3.05) is 5.32 Å². The van der Waals surface area contributed by atoms with Gasteiger partial charge in [-0.25, -0.2) is 4.39 Å². The molecular formula is C15H13BrF3NO. The molecule has 0 saturated carbocycles. The first-order chi connectivity index (χ1) is 9.95. The lowest BCUT2D eigenvalue weighted by molar-refractivity contribution is -0.0498. The fourth-order valence-corrected chi connectivity index (χ4v) is 2.61. The highest BCUT2D eigenvalue weighted by Gasteiger charge is 2.10. The second kappa shape index (κ2) is 6.85. The molecule has 0 aliphatic carbocycles. The summed E-state index contributed by atoms with van der Waals surface area (Å²) >= 11 is 3.32. The monoisotopic (exact) mass is 359 g/mol. The summed E-state index contributed by atoms with van der Waals surface area (Å²) in [6.07, 6.45) is 0. The molecule has 1 N–H and O–H groups in total. The molecule has 0 aliphatic rings. The van der Waals surface area contributed by atoms with Gasteiger partial charge >= 0.3 is 6.61 Å². The van der Waals surface area contributed by atoms with Crippen molar-refractivity contribution in [1.82, 2.24) is 0 Å². The van der Waals surface area contributed by atoms with E-state index in [2.05, 4.69) is 26.0 Å². The first-order valence-corrected chi connectivity index (χ1v) is 7.01. The van der Waals surface area contributed by atoms with Gasteiger partial charge in [-0.3, -0.25) is 0 Å². The molecule has 1 unspecified atom stereocenters. The number of rotatable bonds is 5. The molecule has 21 heavy (non-hydrogen) atoms. The van der Waals surface area contributed by atoms with Crippen molar-refractivity contribution < 1.29 is 17.9 Å². The number of hydrogen-bond donors (Lipinski definition) is 1. The van der Waals surface area contributed by atoms with E-state index < -0.39 is 6.61 Å². The quantitative estimate of drug-likeness (QED) is 0.775.